The van der Waals surface area contributed by atoms with Crippen molar-refractivity contribution in [2.45, 2.75) is 25.3 Å². The second-order valence-corrected chi connectivity index (χ2v) is 12.4. The first-order valence-corrected chi connectivity index (χ1v) is 12.3. The van der Waals surface area contributed by atoms with E-state index in [4.69, 9.17) is 102 Å². The van der Waals surface area contributed by atoms with Gasteiger partial charge in [-0.15, -0.1) is 46.4 Å². The number of ketones is 2. The van der Waals surface area contributed by atoms with Gasteiger partial charge in [-0.05, 0) is 0 Å². The van der Waals surface area contributed by atoms with Crippen LogP contribution in [0.15, 0.2) is 32.3 Å². The van der Waals surface area contributed by atoms with Crippen molar-refractivity contribution in [3.8, 4) is 0 Å². The van der Waals surface area contributed by atoms with Crippen molar-refractivity contribution in [2.75, 3.05) is 13.2 Å². The molecule has 12 heteroatoms. The molecule has 0 amide bonds. The summed E-state index contributed by atoms with van der Waals surface area (Å²) < 4.78 is 11.9. The molecule has 4 nitrogen and oxygen atoms in total. The van der Waals surface area contributed by atoms with Crippen molar-refractivity contribution in [3.05, 3.63) is 32.3 Å². The number of rotatable bonds is 0. The van der Waals surface area contributed by atoms with Crippen LogP contribution in [0, 0.1) is 23.7 Å². The van der Waals surface area contributed by atoms with Crippen LogP contribution in [-0.4, -0.2) is 50.1 Å². The number of Topliss-reactive ketones (excluding diaryl/α,β-unsaturated/α-hetero) is 2. The number of halogens is 8. The Labute approximate surface area is 216 Å². The monoisotopic (exact) mass is 582 g/mol. The summed E-state index contributed by atoms with van der Waals surface area (Å²) in [6.07, 6.45) is 3.22. The highest BCUT2D eigenvalue weighted by molar-refractivity contribution is 6.63. The summed E-state index contributed by atoms with van der Waals surface area (Å²) in [5.41, 5.74) is 0. The molecule has 7 rings (SSSR count). The molecule has 1 aliphatic heterocycles. The molecule has 0 N–H and O–H groups in total. The number of hydrogen-bond donors (Lipinski definition) is 0. The van der Waals surface area contributed by atoms with Gasteiger partial charge in [0.15, 0.2) is 5.78 Å². The molecule has 3 fully saturated rings. The van der Waals surface area contributed by atoms with Crippen LogP contribution < -0.4 is 0 Å². The largest absolute Gasteiger partial charge is 0.344 e. The van der Waals surface area contributed by atoms with Crippen LogP contribution in [0.2, 0.25) is 0 Å². The highest BCUT2D eigenvalue weighted by Gasteiger charge is 2.91. The predicted octanol–water partition coefficient (Wildman–Crippen LogP) is 5.25. The Morgan fingerprint density at radius 3 is 1.97 bits per heavy atom. The number of allylic oxidation sites excluding steroid dienone is 4. The number of alkyl halides is 4. The van der Waals surface area contributed by atoms with Crippen LogP contribution in [-0.2, 0) is 19.1 Å². The van der Waals surface area contributed by atoms with E-state index in [1.807, 2.05) is 0 Å². The summed E-state index contributed by atoms with van der Waals surface area (Å²) in [7, 11) is 0. The maximum absolute atomic E-state index is 14.1. The Kier molecular flexibility index (Phi) is 4.40. The van der Waals surface area contributed by atoms with Gasteiger partial charge in [0.2, 0.25) is 5.79 Å². The van der Waals surface area contributed by atoms with Crippen LogP contribution in [0.4, 0.5) is 0 Å². The Bertz CT molecular complexity index is 1090. The molecule has 6 aliphatic carbocycles. The summed E-state index contributed by atoms with van der Waals surface area (Å²) >= 11 is 54.3. The third-order valence-electron chi connectivity index (χ3n) is 7.70. The highest BCUT2D eigenvalue weighted by Crippen LogP contribution is 2.80. The quantitative estimate of drug-likeness (QED) is 0.288. The SMILES string of the molecule is O=C1[C@H]2C=C[C@@H]([C@@H]3[C@@H]1[C@@]1(Cl)C(Cl)=C(Cl)[C@@]3(Cl)C13OCCO3)[C@@]1(Cl)C(=O)C(Cl)=C(Cl)[C@@]21Cl. The van der Waals surface area contributed by atoms with Gasteiger partial charge in [0.05, 0.1) is 40.1 Å². The van der Waals surface area contributed by atoms with Crippen molar-refractivity contribution < 1.29 is 19.1 Å². The van der Waals surface area contributed by atoms with Crippen molar-refractivity contribution in [1.82, 2.24) is 0 Å². The maximum atomic E-state index is 14.1. The molecule has 4 bridgehead atoms. The third kappa shape index (κ3) is 1.84. The van der Waals surface area contributed by atoms with E-state index >= 15 is 0 Å². The van der Waals surface area contributed by atoms with Gasteiger partial charge >= 0.3 is 0 Å². The zero-order chi connectivity index (χ0) is 22.5. The molecule has 1 heterocycles. The molecule has 0 aromatic rings. The van der Waals surface area contributed by atoms with E-state index in [1.165, 1.54) is 0 Å². The van der Waals surface area contributed by atoms with E-state index in [9.17, 15) is 9.59 Å². The molecular weight excluding hydrogens is 576 g/mol. The summed E-state index contributed by atoms with van der Waals surface area (Å²) in [5, 5.41) is -0.549. The van der Waals surface area contributed by atoms with Crippen LogP contribution in [0.25, 0.3) is 0 Å². The first-order valence-electron chi connectivity index (χ1n) is 9.30. The summed E-state index contributed by atoms with van der Waals surface area (Å²) in [6, 6.07) is 0. The van der Waals surface area contributed by atoms with E-state index in [0.29, 0.717) is 0 Å². The van der Waals surface area contributed by atoms with Crippen molar-refractivity contribution in [2.24, 2.45) is 23.7 Å². The third-order valence-corrected chi connectivity index (χ3v) is 12.9. The van der Waals surface area contributed by atoms with Crippen molar-refractivity contribution in [3.63, 3.8) is 0 Å². The normalized spacial score (nSPS) is 53.8. The molecule has 166 valence electrons. The van der Waals surface area contributed by atoms with Crippen LogP contribution in [0.1, 0.15) is 0 Å². The predicted molar refractivity (Wildman–Crippen MR) is 120 cm³/mol. The fraction of sp³-hybridized carbons (Fsp3) is 0.579. The minimum absolute atomic E-state index is 0.0171. The molecular formula is C19H10Cl8O4. The van der Waals surface area contributed by atoms with Crippen LogP contribution >= 0.6 is 92.8 Å². The molecule has 1 spiro atoms. The fourth-order valence-corrected chi connectivity index (χ4v) is 10.5. The van der Waals surface area contributed by atoms with Gasteiger partial charge in [-0.25, -0.2) is 0 Å². The Morgan fingerprint density at radius 1 is 0.774 bits per heavy atom. The van der Waals surface area contributed by atoms with Gasteiger partial charge in [0.1, 0.15) is 30.3 Å². The average Bonchev–Trinajstić information content (AvgIpc) is 3.32. The first-order chi connectivity index (χ1) is 14.4. The highest BCUT2D eigenvalue weighted by atomic mass is 35.5. The van der Waals surface area contributed by atoms with E-state index in [2.05, 4.69) is 0 Å². The lowest BCUT2D eigenvalue weighted by molar-refractivity contribution is -0.175. The second kappa shape index (κ2) is 6.13. The smallest absolute Gasteiger partial charge is 0.218 e. The zero-order valence-corrected chi connectivity index (χ0v) is 21.1. The lowest BCUT2D eigenvalue weighted by Crippen LogP contribution is -2.62. The van der Waals surface area contributed by atoms with E-state index in [1.54, 1.807) is 12.2 Å². The van der Waals surface area contributed by atoms with Gasteiger partial charge in [-0.1, -0.05) is 58.6 Å². The average molecular weight is 586 g/mol. The lowest BCUT2D eigenvalue weighted by Gasteiger charge is -2.48. The molecule has 31 heavy (non-hydrogen) atoms. The number of carbonyl (C=O) groups is 2. The van der Waals surface area contributed by atoms with Crippen LogP contribution in [0.3, 0.4) is 0 Å². The number of hydrogen-bond acceptors (Lipinski definition) is 4. The summed E-state index contributed by atoms with van der Waals surface area (Å²) in [6.45, 7) is 0.330. The maximum Gasteiger partial charge on any atom is 0.218 e. The van der Waals surface area contributed by atoms with E-state index in [-0.39, 0.29) is 33.3 Å². The van der Waals surface area contributed by atoms with Crippen molar-refractivity contribution in [1.29, 1.82) is 0 Å². The minimum atomic E-state index is -1.90. The van der Waals surface area contributed by atoms with Gasteiger partial charge in [-0.2, -0.15) is 0 Å². The number of ether oxygens (including phenoxy) is 2. The molecule has 1 saturated heterocycles. The van der Waals surface area contributed by atoms with Gasteiger partial charge in [0.25, 0.3) is 0 Å². The zero-order valence-electron chi connectivity index (χ0n) is 15.0. The van der Waals surface area contributed by atoms with Crippen molar-refractivity contribution >= 4 is 104 Å². The topological polar surface area (TPSA) is 52.6 Å². The molecule has 0 radical (unpaired) electrons. The molecule has 0 aromatic carbocycles. The van der Waals surface area contributed by atoms with Crippen LogP contribution in [0.5, 0.6) is 0 Å². The minimum Gasteiger partial charge on any atom is -0.344 e. The van der Waals surface area contributed by atoms with E-state index in [0.717, 1.165) is 0 Å². The van der Waals surface area contributed by atoms with Gasteiger partial charge < -0.3 is 9.47 Å². The fourth-order valence-electron chi connectivity index (χ4n) is 6.57. The molecule has 0 unspecified atom stereocenters. The lowest BCUT2D eigenvalue weighted by atomic mass is 9.66. The first kappa shape index (κ1) is 22.3. The Balaban J connectivity index is 1.69. The Hall–Kier alpha value is 0.800. The Morgan fingerprint density at radius 2 is 1.35 bits per heavy atom. The summed E-state index contributed by atoms with van der Waals surface area (Å²) in [4.78, 5) is 20.2. The van der Waals surface area contributed by atoms with Gasteiger partial charge in [0, 0.05) is 11.8 Å². The van der Waals surface area contributed by atoms with Gasteiger partial charge in [-0.3, -0.25) is 9.59 Å². The molecule has 7 aliphatic rings. The number of carbonyl (C=O) groups excluding carboxylic acids is 2. The summed E-state index contributed by atoms with van der Waals surface area (Å²) in [5.74, 6) is -6.93. The molecule has 0 aromatic heterocycles. The second-order valence-electron chi connectivity index (χ2n) is 8.54. The molecule has 8 atom stereocenters. The standard InChI is InChI=1S/C19H10Cl8O4/c20-9-11(21)15(24)6-2-1-5(16(15,25)14(9)29)7-8(10(6)28)18(27)13(23)12(22)17(7,26)19(18)30-3-4-31-19/h1-2,5-8H,3-4H2/t5-,6+,7+,8-,15-,16+,17+,18+/m0/s1. The van der Waals surface area contributed by atoms with E-state index < -0.39 is 60.5 Å². The molecule has 2 saturated carbocycles.